The second-order valence-electron chi connectivity index (χ2n) is 5.08. The molecule has 18 heavy (non-hydrogen) atoms. The maximum absolute atomic E-state index is 5.74. The van der Waals surface area contributed by atoms with Crippen LogP contribution in [0.4, 0.5) is 17.8 Å². The monoisotopic (exact) mass is 250 g/mol. The van der Waals surface area contributed by atoms with Crippen molar-refractivity contribution < 1.29 is 0 Å². The van der Waals surface area contributed by atoms with Gasteiger partial charge in [0.25, 0.3) is 0 Å². The number of nitrogens with zero attached hydrogens (tertiary/aromatic N) is 5. The largest absolute Gasteiger partial charge is 0.368 e. The first-order valence-corrected chi connectivity index (χ1v) is 6.54. The van der Waals surface area contributed by atoms with Crippen LogP contribution in [0.3, 0.4) is 0 Å². The molecule has 2 heterocycles. The molecule has 1 aliphatic rings. The van der Waals surface area contributed by atoms with Gasteiger partial charge >= 0.3 is 0 Å². The number of nitrogen functional groups attached to an aromatic ring is 1. The predicted molar refractivity (Wildman–Crippen MR) is 73.8 cm³/mol. The van der Waals surface area contributed by atoms with E-state index < -0.39 is 0 Å². The van der Waals surface area contributed by atoms with Crippen LogP contribution in [0.25, 0.3) is 0 Å². The predicted octanol–water partition coefficient (Wildman–Crippen LogP) is 1.15. The minimum Gasteiger partial charge on any atom is -0.368 e. The molecule has 1 saturated heterocycles. The maximum Gasteiger partial charge on any atom is 0.231 e. The van der Waals surface area contributed by atoms with E-state index in [1.54, 1.807) is 0 Å². The molecule has 1 aromatic heterocycles. The molecule has 1 aromatic rings. The van der Waals surface area contributed by atoms with Crippen LogP contribution in [-0.4, -0.2) is 42.1 Å². The highest BCUT2D eigenvalue weighted by molar-refractivity contribution is 5.43. The Hall–Kier alpha value is -1.59. The van der Waals surface area contributed by atoms with E-state index in [0.29, 0.717) is 17.8 Å². The molecule has 2 N–H and O–H groups in total. The van der Waals surface area contributed by atoms with Crippen molar-refractivity contribution in [3.05, 3.63) is 0 Å². The molecular formula is C12H22N6. The Bertz CT molecular complexity index is 406. The normalized spacial score (nSPS) is 19.3. The highest BCUT2D eigenvalue weighted by Gasteiger charge is 2.24. The molecule has 0 spiro atoms. The summed E-state index contributed by atoms with van der Waals surface area (Å²) < 4.78 is 0. The van der Waals surface area contributed by atoms with Gasteiger partial charge in [-0.2, -0.15) is 15.0 Å². The van der Waals surface area contributed by atoms with Gasteiger partial charge in [-0.1, -0.05) is 13.3 Å². The Morgan fingerprint density at radius 3 is 2.78 bits per heavy atom. The third kappa shape index (κ3) is 2.80. The SMILES string of the molecule is CCCC1CCN(c2nc(N)nc(N(C)C)n2)C1. The van der Waals surface area contributed by atoms with Crippen LogP contribution in [0.15, 0.2) is 0 Å². The smallest absolute Gasteiger partial charge is 0.231 e. The Balaban J connectivity index is 2.14. The lowest BCUT2D eigenvalue weighted by Gasteiger charge is -2.18. The van der Waals surface area contributed by atoms with Gasteiger partial charge in [-0.05, 0) is 18.8 Å². The van der Waals surface area contributed by atoms with Gasteiger partial charge in [0.2, 0.25) is 17.8 Å². The summed E-state index contributed by atoms with van der Waals surface area (Å²) in [7, 11) is 3.81. The van der Waals surface area contributed by atoms with Gasteiger partial charge in [0.05, 0.1) is 0 Å². The number of nitrogens with two attached hydrogens (primary N) is 1. The molecule has 0 bridgehead atoms. The summed E-state index contributed by atoms with van der Waals surface area (Å²) in [4.78, 5) is 16.9. The van der Waals surface area contributed by atoms with Gasteiger partial charge in [-0.25, -0.2) is 0 Å². The Kier molecular flexibility index (Phi) is 3.84. The van der Waals surface area contributed by atoms with Crippen LogP contribution in [0, 0.1) is 5.92 Å². The van der Waals surface area contributed by atoms with Crippen molar-refractivity contribution in [2.75, 3.05) is 42.7 Å². The van der Waals surface area contributed by atoms with Crippen LogP contribution in [0.2, 0.25) is 0 Å². The van der Waals surface area contributed by atoms with Crippen molar-refractivity contribution in [3.8, 4) is 0 Å². The van der Waals surface area contributed by atoms with Crippen LogP contribution in [-0.2, 0) is 0 Å². The van der Waals surface area contributed by atoms with Gasteiger partial charge in [0.15, 0.2) is 0 Å². The summed E-state index contributed by atoms with van der Waals surface area (Å²) >= 11 is 0. The zero-order valence-electron chi connectivity index (χ0n) is 11.4. The Morgan fingerprint density at radius 1 is 1.33 bits per heavy atom. The number of aromatic nitrogens is 3. The van der Waals surface area contributed by atoms with E-state index in [4.69, 9.17) is 5.73 Å². The summed E-state index contributed by atoms with van der Waals surface area (Å²) in [6, 6.07) is 0. The lowest BCUT2D eigenvalue weighted by molar-refractivity contribution is 0.529. The molecule has 0 saturated carbocycles. The summed E-state index contributed by atoms with van der Waals surface area (Å²) in [6.45, 7) is 4.28. The fourth-order valence-corrected chi connectivity index (χ4v) is 2.37. The molecule has 1 aliphatic heterocycles. The average Bonchev–Trinajstić information content (AvgIpc) is 2.77. The van der Waals surface area contributed by atoms with Crippen molar-refractivity contribution in [2.24, 2.45) is 5.92 Å². The molecule has 0 aliphatic carbocycles. The van der Waals surface area contributed by atoms with Crippen LogP contribution in [0.1, 0.15) is 26.2 Å². The number of rotatable bonds is 4. The fraction of sp³-hybridized carbons (Fsp3) is 0.750. The van der Waals surface area contributed by atoms with E-state index in [9.17, 15) is 0 Å². The standard InChI is InChI=1S/C12H22N6/c1-4-5-9-6-7-18(8-9)12-15-10(13)14-11(16-12)17(2)3/h9H,4-8H2,1-3H3,(H2,13,14,15,16). The minimum atomic E-state index is 0.294. The zero-order valence-corrected chi connectivity index (χ0v) is 11.4. The molecule has 1 unspecified atom stereocenters. The molecular weight excluding hydrogens is 228 g/mol. The molecule has 0 aromatic carbocycles. The third-order valence-corrected chi connectivity index (χ3v) is 3.29. The molecule has 6 heteroatoms. The fourth-order valence-electron chi connectivity index (χ4n) is 2.37. The van der Waals surface area contributed by atoms with E-state index in [0.717, 1.165) is 19.0 Å². The second kappa shape index (κ2) is 5.37. The molecule has 1 fully saturated rings. The van der Waals surface area contributed by atoms with Gasteiger partial charge in [0.1, 0.15) is 0 Å². The highest BCUT2D eigenvalue weighted by Crippen LogP contribution is 2.25. The molecule has 6 nitrogen and oxygen atoms in total. The van der Waals surface area contributed by atoms with Gasteiger partial charge in [-0.3, -0.25) is 0 Å². The molecule has 2 rings (SSSR count). The quantitative estimate of drug-likeness (QED) is 0.864. The Morgan fingerprint density at radius 2 is 2.11 bits per heavy atom. The first kappa shape index (κ1) is 12.9. The first-order valence-electron chi connectivity index (χ1n) is 6.54. The lowest BCUT2D eigenvalue weighted by Crippen LogP contribution is -2.24. The molecule has 100 valence electrons. The number of hydrogen-bond acceptors (Lipinski definition) is 6. The van der Waals surface area contributed by atoms with Crippen molar-refractivity contribution >= 4 is 17.8 Å². The van der Waals surface area contributed by atoms with E-state index in [1.165, 1.54) is 19.3 Å². The zero-order chi connectivity index (χ0) is 13.1. The lowest BCUT2D eigenvalue weighted by atomic mass is 10.0. The summed E-state index contributed by atoms with van der Waals surface area (Å²) in [5.74, 6) is 2.39. The number of hydrogen-bond donors (Lipinski definition) is 1. The minimum absolute atomic E-state index is 0.294. The highest BCUT2D eigenvalue weighted by atomic mass is 15.3. The number of anilines is 3. The van der Waals surface area contributed by atoms with Gasteiger partial charge in [-0.15, -0.1) is 0 Å². The molecule has 0 amide bonds. The van der Waals surface area contributed by atoms with Crippen LogP contribution < -0.4 is 15.5 Å². The molecule has 0 radical (unpaired) electrons. The van der Waals surface area contributed by atoms with Crippen LogP contribution in [0.5, 0.6) is 0 Å². The first-order chi connectivity index (χ1) is 8.60. The van der Waals surface area contributed by atoms with Crippen LogP contribution >= 0.6 is 0 Å². The van der Waals surface area contributed by atoms with Gasteiger partial charge in [0, 0.05) is 27.2 Å². The van der Waals surface area contributed by atoms with Crippen molar-refractivity contribution in [1.29, 1.82) is 0 Å². The van der Waals surface area contributed by atoms with E-state index in [1.807, 2.05) is 19.0 Å². The van der Waals surface area contributed by atoms with Crippen molar-refractivity contribution in [2.45, 2.75) is 26.2 Å². The van der Waals surface area contributed by atoms with Crippen molar-refractivity contribution in [1.82, 2.24) is 15.0 Å². The second-order valence-corrected chi connectivity index (χ2v) is 5.08. The van der Waals surface area contributed by atoms with Gasteiger partial charge < -0.3 is 15.5 Å². The van der Waals surface area contributed by atoms with E-state index >= 15 is 0 Å². The van der Waals surface area contributed by atoms with Crippen molar-refractivity contribution in [3.63, 3.8) is 0 Å². The topological polar surface area (TPSA) is 71.2 Å². The third-order valence-electron chi connectivity index (χ3n) is 3.29. The summed E-state index contributed by atoms with van der Waals surface area (Å²) in [5, 5.41) is 0. The molecule has 1 atom stereocenters. The Labute approximate surface area is 108 Å². The average molecular weight is 250 g/mol. The maximum atomic E-state index is 5.74. The van der Waals surface area contributed by atoms with E-state index in [2.05, 4.69) is 26.8 Å². The summed E-state index contributed by atoms with van der Waals surface area (Å²) in [6.07, 6.45) is 3.73. The summed E-state index contributed by atoms with van der Waals surface area (Å²) in [5.41, 5.74) is 5.74. The van der Waals surface area contributed by atoms with E-state index in [-0.39, 0.29) is 0 Å².